The van der Waals surface area contributed by atoms with Crippen molar-refractivity contribution < 1.29 is 9.59 Å². The van der Waals surface area contributed by atoms with Gasteiger partial charge in [-0.15, -0.1) is 0 Å². The molecule has 2 aliphatic heterocycles. The smallest absolute Gasteiger partial charge is 0.256 e. The SMILES string of the molecule is Cc1c(C(=O)N2CC(C)NC(C)C2)c[nH]c1C=C1C(=O)Nc2cccc(-c3ccc(Cl)cc3)c21. The Bertz CT molecular complexity index is 1300. The minimum Gasteiger partial charge on any atom is -0.361 e. The number of anilines is 1. The number of amides is 2. The second-order valence-electron chi connectivity index (χ2n) is 9.17. The number of rotatable bonds is 3. The molecule has 0 bridgehead atoms. The van der Waals surface area contributed by atoms with E-state index in [9.17, 15) is 9.59 Å². The first-order valence-electron chi connectivity index (χ1n) is 11.5. The van der Waals surface area contributed by atoms with E-state index in [-0.39, 0.29) is 23.9 Å². The molecule has 7 heteroatoms. The van der Waals surface area contributed by atoms with Gasteiger partial charge in [0.25, 0.3) is 11.8 Å². The first-order valence-corrected chi connectivity index (χ1v) is 11.8. The molecule has 34 heavy (non-hydrogen) atoms. The molecular formula is C27H27ClN4O2. The molecule has 3 heterocycles. The molecule has 1 saturated heterocycles. The zero-order chi connectivity index (χ0) is 24.0. The van der Waals surface area contributed by atoms with E-state index in [0.717, 1.165) is 33.6 Å². The van der Waals surface area contributed by atoms with Crippen molar-refractivity contribution in [1.29, 1.82) is 0 Å². The van der Waals surface area contributed by atoms with Crippen molar-refractivity contribution in [2.24, 2.45) is 0 Å². The number of nitrogens with zero attached hydrogens (tertiary/aromatic N) is 1. The summed E-state index contributed by atoms with van der Waals surface area (Å²) in [6.07, 6.45) is 3.59. The quantitative estimate of drug-likeness (QED) is 0.469. The molecule has 2 amide bonds. The molecule has 3 aromatic rings. The van der Waals surface area contributed by atoms with Crippen molar-refractivity contribution in [3.05, 3.63) is 76.1 Å². The fraction of sp³-hybridized carbons (Fsp3) is 0.259. The molecule has 3 N–H and O–H groups in total. The standard InChI is InChI=1S/C27H27ClN4O2/c1-15-13-32(14-16(2)30-15)27(34)22-12-29-24(17(22)3)11-21-25-20(18-7-9-19(28)10-8-18)5-4-6-23(25)31-26(21)33/h4-12,15-16,29-30H,13-14H2,1-3H3,(H,31,33). The van der Waals surface area contributed by atoms with Crippen LogP contribution in [0.15, 0.2) is 48.7 Å². The van der Waals surface area contributed by atoms with Gasteiger partial charge in [0.2, 0.25) is 0 Å². The van der Waals surface area contributed by atoms with E-state index in [4.69, 9.17) is 11.6 Å². The Hall–Kier alpha value is -3.35. The molecule has 0 spiro atoms. The summed E-state index contributed by atoms with van der Waals surface area (Å²) >= 11 is 6.08. The van der Waals surface area contributed by atoms with Crippen LogP contribution in [0.4, 0.5) is 5.69 Å². The van der Waals surface area contributed by atoms with Crippen molar-refractivity contribution in [2.75, 3.05) is 18.4 Å². The summed E-state index contributed by atoms with van der Waals surface area (Å²) in [5, 5.41) is 7.09. The van der Waals surface area contributed by atoms with E-state index in [1.807, 2.05) is 60.4 Å². The number of aromatic nitrogens is 1. The van der Waals surface area contributed by atoms with Crippen LogP contribution in [0.3, 0.4) is 0 Å². The molecule has 2 aliphatic rings. The second-order valence-corrected chi connectivity index (χ2v) is 9.60. The number of hydrogen-bond acceptors (Lipinski definition) is 3. The van der Waals surface area contributed by atoms with Crippen LogP contribution in [0.25, 0.3) is 22.8 Å². The first-order chi connectivity index (χ1) is 16.3. The number of nitrogens with one attached hydrogen (secondary N) is 3. The number of H-pyrrole nitrogens is 1. The van der Waals surface area contributed by atoms with Crippen LogP contribution in [0, 0.1) is 6.92 Å². The Morgan fingerprint density at radius 2 is 1.79 bits per heavy atom. The highest BCUT2D eigenvalue weighted by atomic mass is 35.5. The average Bonchev–Trinajstić information content (AvgIpc) is 3.32. The first kappa shape index (κ1) is 22.4. The third-order valence-electron chi connectivity index (χ3n) is 6.53. The Kier molecular flexibility index (Phi) is 5.80. The fourth-order valence-corrected chi connectivity index (χ4v) is 5.07. The maximum absolute atomic E-state index is 13.3. The van der Waals surface area contributed by atoms with Gasteiger partial charge in [-0.05, 0) is 61.7 Å². The highest BCUT2D eigenvalue weighted by molar-refractivity contribution is 6.36. The number of fused-ring (bicyclic) bond motifs is 1. The van der Waals surface area contributed by atoms with Crippen LogP contribution in [0.1, 0.15) is 41.0 Å². The lowest BCUT2D eigenvalue weighted by molar-refractivity contribution is -0.110. The van der Waals surface area contributed by atoms with Crippen LogP contribution in [0.2, 0.25) is 5.02 Å². The Morgan fingerprint density at radius 1 is 1.09 bits per heavy atom. The van der Waals surface area contributed by atoms with Gasteiger partial charge in [0.15, 0.2) is 0 Å². The molecule has 2 unspecified atom stereocenters. The van der Waals surface area contributed by atoms with E-state index in [2.05, 4.69) is 29.5 Å². The summed E-state index contributed by atoms with van der Waals surface area (Å²) in [4.78, 5) is 31.3. The third-order valence-corrected chi connectivity index (χ3v) is 6.78. The highest BCUT2D eigenvalue weighted by Gasteiger charge is 2.30. The molecule has 6 nitrogen and oxygen atoms in total. The van der Waals surface area contributed by atoms with Crippen LogP contribution in [-0.4, -0.2) is 46.9 Å². The minimum absolute atomic E-state index is 0.0109. The summed E-state index contributed by atoms with van der Waals surface area (Å²) in [6, 6.07) is 13.9. The maximum atomic E-state index is 13.3. The molecule has 0 radical (unpaired) electrons. The monoisotopic (exact) mass is 474 g/mol. The van der Waals surface area contributed by atoms with Crippen molar-refractivity contribution in [3.8, 4) is 11.1 Å². The van der Waals surface area contributed by atoms with Crippen LogP contribution >= 0.6 is 11.6 Å². The highest BCUT2D eigenvalue weighted by Crippen LogP contribution is 2.40. The largest absolute Gasteiger partial charge is 0.361 e. The Balaban J connectivity index is 1.52. The number of piperazine rings is 1. The maximum Gasteiger partial charge on any atom is 0.256 e. The van der Waals surface area contributed by atoms with Crippen molar-refractivity contribution >= 4 is 40.8 Å². The summed E-state index contributed by atoms with van der Waals surface area (Å²) in [7, 11) is 0. The van der Waals surface area contributed by atoms with Gasteiger partial charge >= 0.3 is 0 Å². The summed E-state index contributed by atoms with van der Waals surface area (Å²) < 4.78 is 0. The second kappa shape index (κ2) is 8.78. The summed E-state index contributed by atoms with van der Waals surface area (Å²) in [6.45, 7) is 7.44. The number of benzene rings is 2. The lowest BCUT2D eigenvalue weighted by atomic mass is 9.94. The van der Waals surface area contributed by atoms with E-state index < -0.39 is 0 Å². The molecular weight excluding hydrogens is 448 g/mol. The van der Waals surface area contributed by atoms with Gasteiger partial charge in [-0.25, -0.2) is 0 Å². The molecule has 5 rings (SSSR count). The van der Waals surface area contributed by atoms with Gasteiger partial charge in [0, 0.05) is 53.3 Å². The minimum atomic E-state index is -0.164. The van der Waals surface area contributed by atoms with Crippen molar-refractivity contribution in [3.63, 3.8) is 0 Å². The van der Waals surface area contributed by atoms with Gasteiger partial charge in [0.1, 0.15) is 0 Å². The predicted molar refractivity (Wildman–Crippen MR) is 137 cm³/mol. The fourth-order valence-electron chi connectivity index (χ4n) is 4.95. The van der Waals surface area contributed by atoms with E-state index in [0.29, 0.717) is 29.2 Å². The molecule has 2 atom stereocenters. The number of aromatic amines is 1. The number of carbonyl (C=O) groups is 2. The van der Waals surface area contributed by atoms with Gasteiger partial charge in [-0.3, -0.25) is 9.59 Å². The lowest BCUT2D eigenvalue weighted by Crippen LogP contribution is -2.55. The number of carbonyl (C=O) groups excluding carboxylic acids is 2. The molecule has 174 valence electrons. The lowest BCUT2D eigenvalue weighted by Gasteiger charge is -2.36. The average molecular weight is 475 g/mol. The molecule has 1 aromatic heterocycles. The molecule has 2 aromatic carbocycles. The van der Waals surface area contributed by atoms with Gasteiger partial charge < -0.3 is 20.5 Å². The van der Waals surface area contributed by atoms with Crippen LogP contribution in [0.5, 0.6) is 0 Å². The summed E-state index contributed by atoms with van der Waals surface area (Å²) in [5.74, 6) is -0.153. The van der Waals surface area contributed by atoms with Gasteiger partial charge in [0.05, 0.1) is 11.1 Å². The topological polar surface area (TPSA) is 77.2 Å². The molecule has 0 aliphatic carbocycles. The zero-order valence-electron chi connectivity index (χ0n) is 19.4. The molecule has 0 saturated carbocycles. The third kappa shape index (κ3) is 4.04. The van der Waals surface area contributed by atoms with E-state index in [1.54, 1.807) is 6.20 Å². The number of hydrogen-bond donors (Lipinski definition) is 3. The molecule has 1 fully saturated rings. The van der Waals surface area contributed by atoms with E-state index >= 15 is 0 Å². The normalized spacial score (nSPS) is 21.0. The van der Waals surface area contributed by atoms with Crippen LogP contribution in [-0.2, 0) is 4.79 Å². The van der Waals surface area contributed by atoms with Gasteiger partial charge in [-0.1, -0.05) is 35.9 Å². The summed E-state index contributed by atoms with van der Waals surface area (Å²) in [5.41, 5.74) is 6.33. The predicted octanol–water partition coefficient (Wildman–Crippen LogP) is 4.96. The van der Waals surface area contributed by atoms with Gasteiger partial charge in [-0.2, -0.15) is 0 Å². The van der Waals surface area contributed by atoms with E-state index in [1.165, 1.54) is 0 Å². The van der Waals surface area contributed by atoms with Crippen molar-refractivity contribution in [1.82, 2.24) is 15.2 Å². The number of halogens is 1. The zero-order valence-corrected chi connectivity index (χ0v) is 20.2. The van der Waals surface area contributed by atoms with Crippen molar-refractivity contribution in [2.45, 2.75) is 32.9 Å². The Morgan fingerprint density at radius 3 is 2.50 bits per heavy atom. The van der Waals surface area contributed by atoms with Crippen LogP contribution < -0.4 is 10.6 Å². The Labute approximate surface area is 204 Å².